The molecule has 1 aliphatic heterocycles. The number of benzene rings is 2. The highest BCUT2D eigenvalue weighted by Gasteiger charge is 2.36. The van der Waals surface area contributed by atoms with Crippen LogP contribution in [0, 0.1) is 11.7 Å². The van der Waals surface area contributed by atoms with E-state index in [1.165, 1.54) is 53.3 Å². The van der Waals surface area contributed by atoms with Crippen LogP contribution in [0.2, 0.25) is 0 Å². The molecule has 0 unspecified atom stereocenters. The van der Waals surface area contributed by atoms with Crippen molar-refractivity contribution in [3.05, 3.63) is 66.4 Å². The van der Waals surface area contributed by atoms with Gasteiger partial charge in [0.1, 0.15) is 11.9 Å². The van der Waals surface area contributed by atoms with Crippen molar-refractivity contribution < 1.29 is 32.2 Å². The molecule has 0 bridgehead atoms. The molecule has 3 atom stereocenters. The molecule has 14 heteroatoms. The Morgan fingerprint density at radius 2 is 1.95 bits per heavy atom. The number of aliphatic hydroxyl groups is 1. The van der Waals surface area contributed by atoms with Crippen LogP contribution in [-0.4, -0.2) is 83.1 Å². The number of urea groups is 1. The Balaban J connectivity index is 1.68. The Hall–Kier alpha value is -4.01. The second-order valence-corrected chi connectivity index (χ2v) is 12.0. The van der Waals surface area contributed by atoms with Crippen LogP contribution in [-0.2, 0) is 17.1 Å². The molecule has 3 aromatic rings. The van der Waals surface area contributed by atoms with Crippen molar-refractivity contribution in [3.63, 3.8) is 0 Å². The molecular formula is C27H33FN6O6S. The van der Waals surface area contributed by atoms with Crippen LogP contribution in [0.5, 0.6) is 5.75 Å². The number of sulfonamides is 1. The molecule has 0 saturated carbocycles. The minimum Gasteiger partial charge on any atom is -0.486 e. The minimum absolute atomic E-state index is 0.0575. The van der Waals surface area contributed by atoms with Crippen molar-refractivity contribution in [3.8, 4) is 5.75 Å². The van der Waals surface area contributed by atoms with Gasteiger partial charge < -0.3 is 29.9 Å². The van der Waals surface area contributed by atoms with Crippen LogP contribution in [0.4, 0.5) is 20.6 Å². The summed E-state index contributed by atoms with van der Waals surface area (Å²) in [6, 6.07) is 8.66. The Morgan fingerprint density at radius 1 is 1.24 bits per heavy atom. The number of hydrogen-bond donors (Lipinski definition) is 3. The third-order valence-corrected chi connectivity index (χ3v) is 8.54. The number of rotatable bonds is 8. The van der Waals surface area contributed by atoms with Gasteiger partial charge in [-0.3, -0.25) is 4.79 Å². The Labute approximate surface area is 237 Å². The number of ether oxygens (including phenoxy) is 1. The van der Waals surface area contributed by atoms with E-state index in [1.807, 2.05) is 6.92 Å². The van der Waals surface area contributed by atoms with Crippen LogP contribution >= 0.6 is 0 Å². The minimum atomic E-state index is -3.96. The fourth-order valence-corrected chi connectivity index (χ4v) is 5.55. The van der Waals surface area contributed by atoms with Gasteiger partial charge in [0.05, 0.1) is 36.8 Å². The molecule has 0 aliphatic carbocycles. The zero-order valence-corrected chi connectivity index (χ0v) is 23.9. The quantitative estimate of drug-likeness (QED) is 0.367. The molecule has 0 fully saturated rings. The van der Waals surface area contributed by atoms with Gasteiger partial charge >= 0.3 is 6.03 Å². The lowest BCUT2D eigenvalue weighted by atomic mass is 9.99. The van der Waals surface area contributed by atoms with Gasteiger partial charge in [-0.1, -0.05) is 13.0 Å². The maximum absolute atomic E-state index is 13.6. The number of carbonyl (C=O) groups excluding carboxylic acids is 2. The van der Waals surface area contributed by atoms with E-state index in [0.717, 1.165) is 4.31 Å². The van der Waals surface area contributed by atoms with Gasteiger partial charge in [-0.25, -0.2) is 22.6 Å². The fourth-order valence-electron chi connectivity index (χ4n) is 4.41. The smallest absolute Gasteiger partial charge is 0.323 e. The number of halogens is 1. The highest BCUT2D eigenvalue weighted by molar-refractivity contribution is 7.89. The van der Waals surface area contributed by atoms with E-state index >= 15 is 0 Å². The van der Waals surface area contributed by atoms with Gasteiger partial charge in [0, 0.05) is 38.4 Å². The van der Waals surface area contributed by atoms with Crippen LogP contribution in [0.3, 0.4) is 0 Å². The molecule has 0 radical (unpaired) electrons. The normalized spacial score (nSPS) is 18.2. The number of aliphatic hydroxyl groups excluding tert-OH is 1. The topological polar surface area (TPSA) is 146 Å². The third kappa shape index (κ3) is 6.66. The van der Waals surface area contributed by atoms with Gasteiger partial charge in [0.25, 0.3) is 15.9 Å². The van der Waals surface area contributed by atoms with Gasteiger partial charge in [-0.15, -0.1) is 0 Å². The fraction of sp³-hybridized carbons (Fsp3) is 0.370. The summed E-state index contributed by atoms with van der Waals surface area (Å²) in [6.45, 7) is 3.33. The standard InChI is InChI=1S/C27H33FN6O6S/c1-17-12-34(18(2)15-35)26(36)21-6-5-7-22(31-27(37)30-20-10-8-19(28)9-11-20)25(21)40-23(17)13-33(4)41(38,39)24-14-32(3)16-29-24/h5-11,14,16-18,23,35H,12-13,15H2,1-4H3,(H2,30,31,37)/t17-,18+,23-/m1/s1. The largest absolute Gasteiger partial charge is 0.486 e. The number of nitrogens with one attached hydrogen (secondary N) is 2. The second kappa shape index (κ2) is 12.2. The van der Waals surface area contributed by atoms with E-state index in [0.29, 0.717) is 5.69 Å². The number of amides is 3. The highest BCUT2D eigenvalue weighted by Crippen LogP contribution is 2.35. The molecule has 3 N–H and O–H groups in total. The maximum Gasteiger partial charge on any atom is 0.323 e. The summed E-state index contributed by atoms with van der Waals surface area (Å²) >= 11 is 0. The van der Waals surface area contributed by atoms with Crippen LogP contribution < -0.4 is 15.4 Å². The van der Waals surface area contributed by atoms with Gasteiger partial charge in [0.2, 0.25) is 0 Å². The highest BCUT2D eigenvalue weighted by atomic mass is 32.2. The Morgan fingerprint density at radius 3 is 2.59 bits per heavy atom. The maximum atomic E-state index is 13.6. The molecule has 3 amide bonds. The molecular weight excluding hydrogens is 555 g/mol. The lowest BCUT2D eigenvalue weighted by molar-refractivity contribution is 0.0389. The summed E-state index contributed by atoms with van der Waals surface area (Å²) in [6.07, 6.45) is 2.02. The SMILES string of the molecule is C[C@@H]1CN([C@@H](C)CO)C(=O)c2cccc(NC(=O)Nc3ccc(F)cc3)c2O[C@@H]1CN(C)S(=O)(=O)c1cn(C)cn1. The van der Waals surface area contributed by atoms with E-state index in [4.69, 9.17) is 4.74 Å². The number of aromatic nitrogens is 2. The predicted octanol–water partition coefficient (Wildman–Crippen LogP) is 2.74. The number of hydrogen-bond acceptors (Lipinski definition) is 7. The van der Waals surface area contributed by atoms with E-state index in [1.54, 1.807) is 32.2 Å². The van der Waals surface area contributed by atoms with Crippen molar-refractivity contribution in [1.82, 2.24) is 18.8 Å². The molecule has 1 aliphatic rings. The van der Waals surface area contributed by atoms with Gasteiger partial charge in [-0.2, -0.15) is 4.31 Å². The first-order chi connectivity index (χ1) is 19.4. The first-order valence-electron chi connectivity index (χ1n) is 12.9. The summed E-state index contributed by atoms with van der Waals surface area (Å²) in [5.74, 6) is -1.20. The third-order valence-electron chi connectivity index (χ3n) is 6.83. The number of anilines is 2. The molecule has 12 nitrogen and oxygen atoms in total. The molecule has 1 aromatic heterocycles. The second-order valence-electron chi connectivity index (χ2n) is 10.1. The van der Waals surface area contributed by atoms with E-state index in [2.05, 4.69) is 15.6 Å². The average molecular weight is 589 g/mol. The molecule has 41 heavy (non-hydrogen) atoms. The first kappa shape index (κ1) is 30.0. The zero-order chi connectivity index (χ0) is 29.9. The molecule has 0 saturated heterocycles. The number of imidazole rings is 1. The van der Waals surface area contributed by atoms with Crippen molar-refractivity contribution >= 4 is 33.3 Å². The number of aryl methyl sites for hydroxylation is 1. The molecule has 0 spiro atoms. The average Bonchev–Trinajstić information content (AvgIpc) is 3.38. The predicted molar refractivity (Wildman–Crippen MR) is 150 cm³/mol. The molecule has 4 rings (SSSR count). The lowest BCUT2D eigenvalue weighted by Gasteiger charge is -2.38. The van der Waals surface area contributed by atoms with E-state index in [9.17, 15) is 27.5 Å². The summed E-state index contributed by atoms with van der Waals surface area (Å²) in [4.78, 5) is 31.9. The monoisotopic (exact) mass is 588 g/mol. The van der Waals surface area contributed by atoms with Crippen molar-refractivity contribution in [1.29, 1.82) is 0 Å². The van der Waals surface area contributed by atoms with Crippen molar-refractivity contribution in [2.24, 2.45) is 13.0 Å². The summed E-state index contributed by atoms with van der Waals surface area (Å²) in [7, 11) is -0.877. The number of fused-ring (bicyclic) bond motifs is 1. The molecule has 2 aromatic carbocycles. The molecule has 2 heterocycles. The first-order valence-corrected chi connectivity index (χ1v) is 14.3. The molecule has 220 valence electrons. The van der Waals surface area contributed by atoms with E-state index < -0.39 is 39.9 Å². The summed E-state index contributed by atoms with van der Waals surface area (Å²) in [5.41, 5.74) is 0.647. The summed E-state index contributed by atoms with van der Waals surface area (Å²) < 4.78 is 48.7. The number of carbonyl (C=O) groups is 2. The van der Waals surface area contributed by atoms with Crippen molar-refractivity contribution in [2.45, 2.75) is 31.0 Å². The lowest BCUT2D eigenvalue weighted by Crippen LogP contribution is -2.50. The van der Waals surface area contributed by atoms with Crippen molar-refractivity contribution in [2.75, 3.05) is 37.4 Å². The summed E-state index contributed by atoms with van der Waals surface area (Å²) in [5, 5.41) is 15.0. The Bertz CT molecular complexity index is 1510. The van der Waals surface area contributed by atoms with Gasteiger partial charge in [-0.05, 0) is 43.3 Å². The number of likely N-dealkylation sites (N-methyl/N-ethyl adjacent to an activating group) is 1. The number of nitrogens with zero attached hydrogens (tertiary/aromatic N) is 4. The van der Waals surface area contributed by atoms with E-state index in [-0.39, 0.29) is 47.6 Å². The van der Waals surface area contributed by atoms with Crippen LogP contribution in [0.1, 0.15) is 24.2 Å². The Kier molecular flexibility index (Phi) is 8.95. The van der Waals surface area contributed by atoms with Crippen LogP contribution in [0.15, 0.2) is 60.0 Å². The van der Waals surface area contributed by atoms with Crippen LogP contribution in [0.25, 0.3) is 0 Å². The zero-order valence-electron chi connectivity index (χ0n) is 23.1. The van der Waals surface area contributed by atoms with Gasteiger partial charge in [0.15, 0.2) is 10.8 Å². The number of para-hydroxylation sites is 1.